The molecule has 28 heavy (non-hydrogen) atoms. The van der Waals surface area contributed by atoms with Crippen molar-refractivity contribution in [2.75, 3.05) is 32.5 Å². The number of alkyl halides is 3. The van der Waals surface area contributed by atoms with Gasteiger partial charge in [0.25, 0.3) is 5.91 Å². The number of nitrogens with one attached hydrogen (secondary N) is 2. The zero-order valence-corrected chi connectivity index (χ0v) is 16.0. The molecule has 0 bridgehead atoms. The minimum Gasteiger partial charge on any atom is -0.350 e. The molecule has 2 aromatic rings. The Morgan fingerprint density at radius 2 is 2.14 bits per heavy atom. The molecule has 0 saturated carbocycles. The van der Waals surface area contributed by atoms with Crippen molar-refractivity contribution < 1.29 is 18.0 Å². The number of hydrogen-bond acceptors (Lipinski definition) is 5. The normalized spacial score (nSPS) is 17.4. The van der Waals surface area contributed by atoms with Crippen LogP contribution in [0, 0.1) is 0 Å². The predicted molar refractivity (Wildman–Crippen MR) is 99.0 cm³/mol. The van der Waals surface area contributed by atoms with E-state index in [0.717, 1.165) is 25.6 Å². The summed E-state index contributed by atoms with van der Waals surface area (Å²) >= 11 is 0. The number of aromatic nitrogens is 3. The summed E-state index contributed by atoms with van der Waals surface area (Å²) in [4.78, 5) is 21.6. The maximum atomic E-state index is 13.5. The van der Waals surface area contributed by atoms with Crippen LogP contribution in [0.1, 0.15) is 28.9 Å². The van der Waals surface area contributed by atoms with E-state index in [0.29, 0.717) is 6.54 Å². The second kappa shape index (κ2) is 7.78. The summed E-state index contributed by atoms with van der Waals surface area (Å²) in [5.41, 5.74) is -0.693. The topological polar surface area (TPSA) is 75.1 Å². The first-order chi connectivity index (χ1) is 13.2. The maximum Gasteiger partial charge on any atom is 0.419 e. The lowest BCUT2D eigenvalue weighted by Crippen LogP contribution is -2.38. The van der Waals surface area contributed by atoms with Crippen LogP contribution in [-0.4, -0.2) is 58.6 Å². The Kier molecular flexibility index (Phi) is 5.59. The first kappa shape index (κ1) is 20.1. The van der Waals surface area contributed by atoms with Crippen LogP contribution in [0.15, 0.2) is 18.5 Å². The van der Waals surface area contributed by atoms with Crippen molar-refractivity contribution in [1.29, 1.82) is 0 Å². The van der Waals surface area contributed by atoms with Crippen LogP contribution < -0.4 is 10.6 Å². The number of halogens is 3. The zero-order chi connectivity index (χ0) is 20.5. The number of piperidine rings is 1. The van der Waals surface area contributed by atoms with Crippen LogP contribution in [-0.2, 0) is 13.2 Å². The molecule has 1 fully saturated rings. The minimum absolute atomic E-state index is 0.0555. The number of nitrogens with zero attached hydrogens (tertiary/aromatic N) is 4. The highest BCUT2D eigenvalue weighted by atomic mass is 19.4. The van der Waals surface area contributed by atoms with Gasteiger partial charge < -0.3 is 20.1 Å². The summed E-state index contributed by atoms with van der Waals surface area (Å²) in [5, 5.41) is 6.33. The molecule has 2 N–H and O–H groups in total. The summed E-state index contributed by atoms with van der Waals surface area (Å²) in [7, 11) is 4.78. The molecule has 7 nitrogen and oxygen atoms in total. The first-order valence-corrected chi connectivity index (χ1v) is 8.96. The Hall–Kier alpha value is -2.62. The van der Waals surface area contributed by atoms with Gasteiger partial charge >= 0.3 is 6.18 Å². The second-order valence-electron chi connectivity index (χ2n) is 7.07. The van der Waals surface area contributed by atoms with E-state index in [1.165, 1.54) is 21.7 Å². The summed E-state index contributed by atoms with van der Waals surface area (Å²) in [6, 6.07) is 1.48. The van der Waals surface area contributed by atoms with Crippen molar-refractivity contribution in [3.05, 3.63) is 29.7 Å². The van der Waals surface area contributed by atoms with Gasteiger partial charge in [-0.2, -0.15) is 13.2 Å². The smallest absolute Gasteiger partial charge is 0.350 e. The predicted octanol–water partition coefficient (Wildman–Crippen LogP) is 2.37. The molecule has 3 rings (SSSR count). The van der Waals surface area contributed by atoms with E-state index >= 15 is 0 Å². The van der Waals surface area contributed by atoms with E-state index in [2.05, 4.69) is 20.6 Å². The average Bonchev–Trinajstić information content (AvgIpc) is 3.02. The van der Waals surface area contributed by atoms with Crippen LogP contribution in [0.5, 0.6) is 0 Å². The number of carbonyl (C=O) groups excluding carboxylic acids is 1. The molecule has 10 heteroatoms. The van der Waals surface area contributed by atoms with E-state index in [-0.39, 0.29) is 34.8 Å². The van der Waals surface area contributed by atoms with Gasteiger partial charge in [-0.1, -0.05) is 0 Å². The van der Waals surface area contributed by atoms with Crippen molar-refractivity contribution >= 4 is 11.9 Å². The van der Waals surface area contributed by atoms with E-state index in [1.807, 2.05) is 0 Å². The van der Waals surface area contributed by atoms with Crippen molar-refractivity contribution in [3.8, 4) is 11.3 Å². The van der Waals surface area contributed by atoms with Crippen LogP contribution in [0.2, 0.25) is 0 Å². The molecule has 152 valence electrons. The quantitative estimate of drug-likeness (QED) is 0.830. The van der Waals surface area contributed by atoms with E-state index < -0.39 is 11.7 Å². The Morgan fingerprint density at radius 3 is 2.75 bits per heavy atom. The molecular weight excluding hydrogens is 373 g/mol. The summed E-state index contributed by atoms with van der Waals surface area (Å²) in [5.74, 6) is -0.163. The zero-order valence-electron chi connectivity index (χ0n) is 16.0. The highest BCUT2D eigenvalue weighted by Gasteiger charge is 2.36. The highest BCUT2D eigenvalue weighted by Crippen LogP contribution is 2.36. The Balaban J connectivity index is 2.00. The average molecular weight is 396 g/mol. The Bertz CT molecular complexity index is 855. The molecule has 0 aliphatic carbocycles. The number of rotatable bonds is 4. The number of carbonyl (C=O) groups is 1. The molecule has 0 spiro atoms. The molecule has 0 aromatic carbocycles. The fourth-order valence-corrected chi connectivity index (χ4v) is 3.17. The third-order valence-corrected chi connectivity index (χ3v) is 4.63. The fraction of sp³-hybridized carbons (Fsp3) is 0.500. The largest absolute Gasteiger partial charge is 0.419 e. The van der Waals surface area contributed by atoms with Crippen LogP contribution in [0.3, 0.4) is 0 Å². The molecule has 1 aliphatic heterocycles. The number of hydrogen-bond donors (Lipinski definition) is 2. The molecule has 0 unspecified atom stereocenters. The number of anilines is 1. The molecule has 1 amide bonds. The van der Waals surface area contributed by atoms with Gasteiger partial charge in [0.15, 0.2) is 0 Å². The molecule has 1 saturated heterocycles. The third-order valence-electron chi connectivity index (χ3n) is 4.63. The van der Waals surface area contributed by atoms with Gasteiger partial charge in [-0.05, 0) is 25.5 Å². The molecule has 2 aromatic heterocycles. The van der Waals surface area contributed by atoms with Gasteiger partial charge in [0.2, 0.25) is 5.95 Å². The highest BCUT2D eigenvalue weighted by molar-refractivity contribution is 5.94. The fourth-order valence-electron chi connectivity index (χ4n) is 3.17. The first-order valence-electron chi connectivity index (χ1n) is 8.96. The van der Waals surface area contributed by atoms with Gasteiger partial charge in [0.05, 0.1) is 5.69 Å². The molecule has 3 heterocycles. The SMILES string of the molecule is CN(C)C(=O)c1cc(-c2nc(N[C@H]3CCCNC3)ncc2C(F)(F)F)cn1C. The van der Waals surface area contributed by atoms with Crippen molar-refractivity contribution in [3.63, 3.8) is 0 Å². The lowest BCUT2D eigenvalue weighted by Gasteiger charge is -2.24. The Morgan fingerprint density at radius 1 is 1.39 bits per heavy atom. The number of aryl methyl sites for hydroxylation is 1. The third kappa shape index (κ3) is 4.27. The standard InChI is InChI=1S/C18H23F3N6O/c1-26(2)16(28)14-7-11(10-27(14)3)15-13(18(19,20)21)9-23-17(25-15)24-12-5-4-6-22-8-12/h7,9-10,12,22H,4-6,8H2,1-3H3,(H,23,24,25)/t12-/m0/s1. The van der Waals surface area contributed by atoms with Crippen molar-refractivity contribution in [1.82, 2.24) is 24.8 Å². The van der Waals surface area contributed by atoms with Gasteiger partial charge in [-0.25, -0.2) is 9.97 Å². The molecule has 0 radical (unpaired) electrons. The molecule has 1 aliphatic rings. The second-order valence-corrected chi connectivity index (χ2v) is 7.07. The van der Waals surface area contributed by atoms with E-state index in [9.17, 15) is 18.0 Å². The van der Waals surface area contributed by atoms with Crippen LogP contribution in [0.4, 0.5) is 19.1 Å². The summed E-state index contributed by atoms with van der Waals surface area (Å²) in [6.07, 6.45) is -0.483. The number of amides is 1. The maximum absolute atomic E-state index is 13.5. The minimum atomic E-state index is -4.61. The lowest BCUT2D eigenvalue weighted by atomic mass is 10.1. The van der Waals surface area contributed by atoms with E-state index in [1.54, 1.807) is 21.1 Å². The van der Waals surface area contributed by atoms with Crippen molar-refractivity contribution in [2.24, 2.45) is 7.05 Å². The summed E-state index contributed by atoms with van der Waals surface area (Å²) in [6.45, 7) is 1.62. The summed E-state index contributed by atoms with van der Waals surface area (Å²) < 4.78 is 42.1. The molecular formula is C18H23F3N6O. The van der Waals surface area contributed by atoms with Gasteiger partial charge in [0, 0.05) is 51.7 Å². The lowest BCUT2D eigenvalue weighted by molar-refractivity contribution is -0.137. The van der Waals surface area contributed by atoms with Gasteiger partial charge in [-0.15, -0.1) is 0 Å². The van der Waals surface area contributed by atoms with E-state index in [4.69, 9.17) is 0 Å². The van der Waals surface area contributed by atoms with Gasteiger partial charge in [-0.3, -0.25) is 4.79 Å². The van der Waals surface area contributed by atoms with Crippen LogP contribution >= 0.6 is 0 Å². The van der Waals surface area contributed by atoms with Gasteiger partial charge in [0.1, 0.15) is 11.3 Å². The molecule has 1 atom stereocenters. The van der Waals surface area contributed by atoms with Crippen LogP contribution in [0.25, 0.3) is 11.3 Å². The van der Waals surface area contributed by atoms with Crippen molar-refractivity contribution in [2.45, 2.75) is 25.1 Å². The monoisotopic (exact) mass is 396 g/mol. The Labute approximate surface area is 161 Å².